The van der Waals surface area contributed by atoms with Gasteiger partial charge >= 0.3 is 6.03 Å². The molecule has 1 heterocycles. The topological polar surface area (TPSA) is 71.1 Å². The van der Waals surface area contributed by atoms with Gasteiger partial charge in [-0.15, -0.1) is 22.9 Å². The van der Waals surface area contributed by atoms with Gasteiger partial charge in [0.15, 0.2) is 5.13 Å². The minimum atomic E-state index is -0.615. The number of rotatable bonds is 3. The highest BCUT2D eigenvalue weighted by molar-refractivity contribution is 7.13. The predicted octanol–water partition coefficient (Wildman–Crippen LogP) is 2.15. The maximum atomic E-state index is 11.2. The van der Waals surface area contributed by atoms with Crippen molar-refractivity contribution in [3.8, 4) is 0 Å². The summed E-state index contributed by atoms with van der Waals surface area (Å²) >= 11 is 6.55. The van der Waals surface area contributed by atoms with Gasteiger partial charge in [0.2, 0.25) is 5.91 Å². The van der Waals surface area contributed by atoms with Crippen LogP contribution in [0.5, 0.6) is 0 Å². The van der Waals surface area contributed by atoms with E-state index in [4.69, 9.17) is 11.6 Å². The molecular weight excluding hydrogens is 250 g/mol. The third-order valence-corrected chi connectivity index (χ3v) is 2.73. The van der Waals surface area contributed by atoms with Crippen LogP contribution in [0.25, 0.3) is 0 Å². The monoisotopic (exact) mass is 261 g/mol. The number of imide groups is 1. The summed E-state index contributed by atoms with van der Waals surface area (Å²) < 4.78 is 0. The van der Waals surface area contributed by atoms with Crippen molar-refractivity contribution in [2.24, 2.45) is 0 Å². The SMILES string of the molecule is CC(C)c1csc(NC(=O)NC(=O)CCl)n1. The molecule has 0 spiro atoms. The average Bonchev–Trinajstić information content (AvgIpc) is 2.65. The lowest BCUT2D eigenvalue weighted by molar-refractivity contribution is -0.117. The number of urea groups is 1. The number of anilines is 1. The standard InChI is InChI=1S/C9H12ClN3O2S/c1-5(2)6-4-16-9(11-6)13-8(15)12-7(14)3-10/h4-5H,3H2,1-2H3,(H2,11,12,13,14,15). The van der Waals surface area contributed by atoms with Crippen molar-refractivity contribution in [2.45, 2.75) is 19.8 Å². The van der Waals surface area contributed by atoms with Gasteiger partial charge in [0.25, 0.3) is 0 Å². The van der Waals surface area contributed by atoms with Gasteiger partial charge in [-0.2, -0.15) is 0 Å². The fourth-order valence-corrected chi connectivity index (χ4v) is 1.83. The molecule has 0 atom stereocenters. The van der Waals surface area contributed by atoms with Gasteiger partial charge in [-0.3, -0.25) is 15.4 Å². The zero-order chi connectivity index (χ0) is 12.1. The van der Waals surface area contributed by atoms with E-state index >= 15 is 0 Å². The van der Waals surface area contributed by atoms with Crippen LogP contribution in [0.4, 0.5) is 9.93 Å². The van der Waals surface area contributed by atoms with Gasteiger partial charge in [0.05, 0.1) is 5.69 Å². The lowest BCUT2D eigenvalue weighted by atomic mass is 10.2. The van der Waals surface area contributed by atoms with Crippen molar-refractivity contribution in [3.05, 3.63) is 11.1 Å². The molecule has 2 N–H and O–H groups in total. The second kappa shape index (κ2) is 5.81. The van der Waals surface area contributed by atoms with Crippen LogP contribution in [0, 0.1) is 0 Å². The molecule has 1 aromatic rings. The third-order valence-electron chi connectivity index (χ3n) is 1.71. The molecule has 0 aliphatic heterocycles. The van der Waals surface area contributed by atoms with Gasteiger partial charge in [-0.25, -0.2) is 9.78 Å². The van der Waals surface area contributed by atoms with E-state index in [1.54, 1.807) is 0 Å². The van der Waals surface area contributed by atoms with Crippen LogP contribution in [-0.2, 0) is 4.79 Å². The lowest BCUT2D eigenvalue weighted by Gasteiger charge is -2.01. The van der Waals surface area contributed by atoms with Gasteiger partial charge in [0, 0.05) is 5.38 Å². The van der Waals surface area contributed by atoms with Crippen molar-refractivity contribution in [1.29, 1.82) is 0 Å². The molecule has 0 aromatic carbocycles. The van der Waals surface area contributed by atoms with Crippen molar-refractivity contribution in [3.63, 3.8) is 0 Å². The summed E-state index contributed by atoms with van der Waals surface area (Å²) in [6, 6.07) is -0.615. The molecule has 16 heavy (non-hydrogen) atoms. The van der Waals surface area contributed by atoms with Crippen LogP contribution in [-0.4, -0.2) is 22.8 Å². The molecule has 88 valence electrons. The summed E-state index contributed by atoms with van der Waals surface area (Å²) in [5.74, 6) is -0.484. The Bertz CT molecular complexity index is 392. The molecule has 0 unspecified atom stereocenters. The fourth-order valence-electron chi connectivity index (χ4n) is 0.897. The summed E-state index contributed by atoms with van der Waals surface area (Å²) in [5.41, 5.74) is 0.906. The van der Waals surface area contributed by atoms with E-state index in [-0.39, 0.29) is 5.88 Å². The number of hydrogen-bond donors (Lipinski definition) is 2. The first-order chi connectivity index (χ1) is 7.52. The van der Waals surface area contributed by atoms with Crippen LogP contribution in [0.1, 0.15) is 25.5 Å². The number of alkyl halides is 1. The van der Waals surface area contributed by atoms with E-state index in [0.717, 1.165) is 5.69 Å². The Morgan fingerprint density at radius 2 is 2.25 bits per heavy atom. The smallest absolute Gasteiger partial charge is 0.283 e. The molecule has 1 aromatic heterocycles. The number of carbonyl (C=O) groups excluding carboxylic acids is 2. The number of carbonyl (C=O) groups is 2. The summed E-state index contributed by atoms with van der Waals surface area (Å²) in [7, 11) is 0. The minimum Gasteiger partial charge on any atom is -0.283 e. The summed E-state index contributed by atoms with van der Waals surface area (Å²) in [6.45, 7) is 4.02. The Balaban J connectivity index is 2.53. The van der Waals surface area contributed by atoms with E-state index in [1.807, 2.05) is 19.2 Å². The van der Waals surface area contributed by atoms with Gasteiger partial charge < -0.3 is 0 Å². The van der Waals surface area contributed by atoms with Crippen molar-refractivity contribution in [1.82, 2.24) is 10.3 Å². The van der Waals surface area contributed by atoms with E-state index in [9.17, 15) is 9.59 Å². The van der Waals surface area contributed by atoms with Crippen molar-refractivity contribution < 1.29 is 9.59 Å². The number of nitrogens with one attached hydrogen (secondary N) is 2. The fraction of sp³-hybridized carbons (Fsp3) is 0.444. The first-order valence-corrected chi connectivity index (χ1v) is 6.06. The maximum absolute atomic E-state index is 11.2. The van der Waals surface area contributed by atoms with Crippen LogP contribution in [0.3, 0.4) is 0 Å². The Labute approximate surface area is 102 Å². The Morgan fingerprint density at radius 1 is 1.56 bits per heavy atom. The molecule has 1 rings (SSSR count). The molecule has 3 amide bonds. The molecule has 0 bridgehead atoms. The quantitative estimate of drug-likeness (QED) is 0.819. The molecule has 0 radical (unpaired) electrons. The average molecular weight is 262 g/mol. The Kier molecular flexibility index (Phi) is 4.70. The highest BCUT2D eigenvalue weighted by Crippen LogP contribution is 2.21. The Morgan fingerprint density at radius 3 is 2.75 bits per heavy atom. The number of nitrogens with zero attached hydrogens (tertiary/aromatic N) is 1. The number of thiazole rings is 1. The predicted molar refractivity (Wildman–Crippen MR) is 64.1 cm³/mol. The van der Waals surface area contributed by atoms with Crippen LogP contribution < -0.4 is 10.6 Å². The number of halogens is 1. The highest BCUT2D eigenvalue weighted by atomic mass is 35.5. The first kappa shape index (κ1) is 12.9. The number of amides is 3. The highest BCUT2D eigenvalue weighted by Gasteiger charge is 2.10. The molecule has 0 aliphatic carbocycles. The molecule has 0 aliphatic rings. The molecule has 0 saturated heterocycles. The second-order valence-corrected chi connectivity index (χ2v) is 4.49. The first-order valence-electron chi connectivity index (χ1n) is 4.65. The zero-order valence-corrected chi connectivity index (χ0v) is 10.5. The van der Waals surface area contributed by atoms with Crippen LogP contribution in [0.15, 0.2) is 5.38 Å². The molecular formula is C9H12ClN3O2S. The number of aromatic nitrogens is 1. The van der Waals surface area contributed by atoms with E-state index in [1.165, 1.54) is 11.3 Å². The summed E-state index contributed by atoms with van der Waals surface area (Å²) in [4.78, 5) is 26.2. The van der Waals surface area contributed by atoms with Crippen molar-refractivity contribution in [2.75, 3.05) is 11.2 Å². The zero-order valence-electron chi connectivity index (χ0n) is 8.91. The lowest BCUT2D eigenvalue weighted by Crippen LogP contribution is -2.35. The van der Waals surface area contributed by atoms with Crippen LogP contribution in [0.2, 0.25) is 0 Å². The van der Waals surface area contributed by atoms with Gasteiger partial charge in [-0.1, -0.05) is 13.8 Å². The largest absolute Gasteiger partial charge is 0.327 e. The summed E-state index contributed by atoms with van der Waals surface area (Å²) in [6.07, 6.45) is 0. The van der Waals surface area contributed by atoms with Crippen LogP contribution >= 0.6 is 22.9 Å². The maximum Gasteiger partial charge on any atom is 0.327 e. The third kappa shape index (κ3) is 3.79. The molecule has 0 fully saturated rings. The molecule has 5 nitrogen and oxygen atoms in total. The van der Waals surface area contributed by atoms with Crippen molar-refractivity contribution >= 4 is 40.0 Å². The van der Waals surface area contributed by atoms with Gasteiger partial charge in [-0.05, 0) is 5.92 Å². The minimum absolute atomic E-state index is 0.247. The van der Waals surface area contributed by atoms with E-state index in [2.05, 4.69) is 15.6 Å². The van der Waals surface area contributed by atoms with E-state index in [0.29, 0.717) is 11.0 Å². The Hall–Kier alpha value is -1.14. The number of hydrogen-bond acceptors (Lipinski definition) is 4. The van der Waals surface area contributed by atoms with E-state index < -0.39 is 11.9 Å². The normalized spacial score (nSPS) is 10.2. The summed E-state index contributed by atoms with van der Waals surface area (Å²) in [5, 5.41) is 6.85. The molecule has 7 heteroatoms. The second-order valence-electron chi connectivity index (χ2n) is 3.37. The molecule has 0 saturated carbocycles. The van der Waals surface area contributed by atoms with Gasteiger partial charge in [0.1, 0.15) is 5.88 Å².